The number of urea groups is 1. The van der Waals surface area contributed by atoms with E-state index in [1.54, 1.807) is 31.2 Å². The van der Waals surface area contributed by atoms with E-state index in [1.165, 1.54) is 7.11 Å². The van der Waals surface area contributed by atoms with Crippen molar-refractivity contribution in [3.8, 4) is 0 Å². The molecular weight excluding hydrogens is 312 g/mol. The molecular formula is C16H20N4O4. The number of nitrogens with zero attached hydrogens (tertiary/aromatic N) is 1. The maximum atomic E-state index is 12.0. The molecule has 0 aliphatic carbocycles. The fraction of sp³-hybridized carbons (Fsp3) is 0.312. The average molecular weight is 332 g/mol. The molecule has 0 aliphatic heterocycles. The van der Waals surface area contributed by atoms with Gasteiger partial charge in [0.15, 0.2) is 0 Å². The zero-order chi connectivity index (χ0) is 17.5. The van der Waals surface area contributed by atoms with Crippen molar-refractivity contribution < 1.29 is 18.8 Å². The summed E-state index contributed by atoms with van der Waals surface area (Å²) in [5, 5.41) is 11.9. The lowest BCUT2D eigenvalue weighted by Gasteiger charge is -2.12. The smallest absolute Gasteiger partial charge is 0.319 e. The summed E-state index contributed by atoms with van der Waals surface area (Å²) in [6.45, 7) is 3.86. The molecule has 0 fully saturated rings. The third kappa shape index (κ3) is 5.10. The molecule has 2 rings (SSSR count). The Morgan fingerprint density at radius 2 is 2.00 bits per heavy atom. The van der Waals surface area contributed by atoms with Gasteiger partial charge in [-0.15, -0.1) is 0 Å². The number of anilines is 2. The minimum Gasteiger partial charge on any atom is -0.375 e. The molecule has 128 valence electrons. The van der Waals surface area contributed by atoms with E-state index in [-0.39, 0.29) is 25.1 Å². The molecule has 0 atom stereocenters. The number of hydrogen-bond donors (Lipinski definition) is 3. The zero-order valence-electron chi connectivity index (χ0n) is 13.8. The van der Waals surface area contributed by atoms with Crippen LogP contribution >= 0.6 is 0 Å². The molecule has 2 aromatic rings. The number of benzene rings is 1. The standard InChI is InChI=1S/C16H20N4O4/c1-10-4-5-12(18-15(21)9-23-3)7-14(10)19-16(22)17-8-13-6-11(2)24-20-13/h4-7H,8-9H2,1-3H3,(H,18,21)(H2,17,19,22). The van der Waals surface area contributed by atoms with E-state index in [4.69, 9.17) is 9.26 Å². The maximum absolute atomic E-state index is 12.0. The highest BCUT2D eigenvalue weighted by molar-refractivity contribution is 5.94. The van der Waals surface area contributed by atoms with Crippen LogP contribution in [0, 0.1) is 13.8 Å². The van der Waals surface area contributed by atoms with Crippen LogP contribution in [0.3, 0.4) is 0 Å². The molecule has 1 heterocycles. The molecule has 1 aromatic heterocycles. The summed E-state index contributed by atoms with van der Waals surface area (Å²) >= 11 is 0. The van der Waals surface area contributed by atoms with Gasteiger partial charge in [-0.1, -0.05) is 11.2 Å². The van der Waals surface area contributed by atoms with E-state index in [2.05, 4.69) is 21.1 Å². The van der Waals surface area contributed by atoms with Crippen molar-refractivity contribution in [1.82, 2.24) is 10.5 Å². The van der Waals surface area contributed by atoms with Crippen LogP contribution in [0.2, 0.25) is 0 Å². The highest BCUT2D eigenvalue weighted by Crippen LogP contribution is 2.20. The average Bonchev–Trinajstić information content (AvgIpc) is 2.94. The van der Waals surface area contributed by atoms with Crippen LogP contribution in [0.15, 0.2) is 28.8 Å². The number of nitrogens with one attached hydrogen (secondary N) is 3. The van der Waals surface area contributed by atoms with Crippen LogP contribution in [0.1, 0.15) is 17.0 Å². The Bertz CT molecular complexity index is 727. The Kier molecular flexibility index (Phi) is 5.91. The minimum atomic E-state index is -0.376. The number of hydrogen-bond acceptors (Lipinski definition) is 5. The van der Waals surface area contributed by atoms with Crippen molar-refractivity contribution in [3.63, 3.8) is 0 Å². The SMILES string of the molecule is COCC(=O)Nc1ccc(C)c(NC(=O)NCc2cc(C)on2)c1. The first-order valence-corrected chi connectivity index (χ1v) is 7.34. The van der Waals surface area contributed by atoms with Crippen molar-refractivity contribution in [2.24, 2.45) is 0 Å². The summed E-state index contributed by atoms with van der Waals surface area (Å²) in [6, 6.07) is 6.61. The molecule has 0 saturated heterocycles. The first-order valence-electron chi connectivity index (χ1n) is 7.34. The number of carbonyl (C=O) groups is 2. The molecule has 0 bridgehead atoms. The van der Waals surface area contributed by atoms with Gasteiger partial charge >= 0.3 is 6.03 Å². The third-order valence-corrected chi connectivity index (χ3v) is 3.15. The number of aromatic nitrogens is 1. The molecule has 0 saturated carbocycles. The summed E-state index contributed by atoms with van der Waals surface area (Å²) in [7, 11) is 1.45. The lowest BCUT2D eigenvalue weighted by Crippen LogP contribution is -2.28. The molecule has 3 amide bonds. The lowest BCUT2D eigenvalue weighted by molar-refractivity contribution is -0.119. The number of aryl methyl sites for hydroxylation is 2. The fourth-order valence-corrected chi connectivity index (χ4v) is 2.00. The molecule has 24 heavy (non-hydrogen) atoms. The first-order chi connectivity index (χ1) is 11.5. The lowest BCUT2D eigenvalue weighted by atomic mass is 10.2. The predicted molar refractivity (Wildman–Crippen MR) is 88.8 cm³/mol. The van der Waals surface area contributed by atoms with Crippen molar-refractivity contribution in [3.05, 3.63) is 41.3 Å². The Hall–Kier alpha value is -2.87. The summed E-state index contributed by atoms with van der Waals surface area (Å²) in [5.74, 6) is 0.417. The zero-order valence-corrected chi connectivity index (χ0v) is 13.8. The molecule has 1 aromatic carbocycles. The summed E-state index contributed by atoms with van der Waals surface area (Å²) < 4.78 is 9.70. The van der Waals surface area contributed by atoms with Crippen molar-refractivity contribution >= 4 is 23.3 Å². The molecule has 3 N–H and O–H groups in total. The molecule has 8 heteroatoms. The van der Waals surface area contributed by atoms with Gasteiger partial charge in [-0.3, -0.25) is 4.79 Å². The van der Waals surface area contributed by atoms with E-state index in [1.807, 2.05) is 6.92 Å². The summed E-state index contributed by atoms with van der Waals surface area (Å²) in [4.78, 5) is 23.5. The number of amides is 3. The predicted octanol–water partition coefficient (Wildman–Crippen LogP) is 2.20. The highest BCUT2D eigenvalue weighted by Gasteiger charge is 2.08. The van der Waals surface area contributed by atoms with Gasteiger partial charge in [-0.2, -0.15) is 0 Å². The molecule has 0 spiro atoms. The quantitative estimate of drug-likeness (QED) is 0.752. The third-order valence-electron chi connectivity index (χ3n) is 3.15. The molecule has 0 aliphatic rings. The summed E-state index contributed by atoms with van der Waals surface area (Å²) in [5.41, 5.74) is 2.68. The van der Waals surface area contributed by atoms with Crippen molar-refractivity contribution in [1.29, 1.82) is 0 Å². The van der Waals surface area contributed by atoms with Gasteiger partial charge in [-0.25, -0.2) is 4.79 Å². The number of ether oxygens (including phenoxy) is 1. The second-order valence-electron chi connectivity index (χ2n) is 5.25. The largest absolute Gasteiger partial charge is 0.375 e. The van der Waals surface area contributed by atoms with Crippen LogP contribution in [0.4, 0.5) is 16.2 Å². The first kappa shape index (κ1) is 17.5. The number of rotatable bonds is 6. The van der Waals surface area contributed by atoms with Crippen LogP contribution in [-0.4, -0.2) is 30.8 Å². The highest BCUT2D eigenvalue weighted by atomic mass is 16.5. The van der Waals surface area contributed by atoms with Gasteiger partial charge in [0, 0.05) is 24.6 Å². The van der Waals surface area contributed by atoms with Gasteiger partial charge in [0.25, 0.3) is 0 Å². The van der Waals surface area contributed by atoms with Crippen LogP contribution < -0.4 is 16.0 Å². The normalized spacial score (nSPS) is 10.3. The second-order valence-corrected chi connectivity index (χ2v) is 5.25. The Balaban J connectivity index is 1.94. The monoisotopic (exact) mass is 332 g/mol. The van der Waals surface area contributed by atoms with Gasteiger partial charge in [0.1, 0.15) is 18.1 Å². The van der Waals surface area contributed by atoms with Crippen LogP contribution in [0.5, 0.6) is 0 Å². The van der Waals surface area contributed by atoms with Crippen molar-refractivity contribution in [2.45, 2.75) is 20.4 Å². The van der Waals surface area contributed by atoms with Gasteiger partial charge in [-0.05, 0) is 31.5 Å². The van der Waals surface area contributed by atoms with E-state index in [0.717, 1.165) is 5.56 Å². The maximum Gasteiger partial charge on any atom is 0.319 e. The molecule has 0 unspecified atom stereocenters. The van der Waals surface area contributed by atoms with E-state index >= 15 is 0 Å². The van der Waals surface area contributed by atoms with Gasteiger partial charge in [0.05, 0.1) is 6.54 Å². The van der Waals surface area contributed by atoms with E-state index in [9.17, 15) is 9.59 Å². The Morgan fingerprint density at radius 3 is 2.67 bits per heavy atom. The topological polar surface area (TPSA) is 105 Å². The van der Waals surface area contributed by atoms with Crippen LogP contribution in [0.25, 0.3) is 0 Å². The fourth-order valence-electron chi connectivity index (χ4n) is 2.00. The van der Waals surface area contributed by atoms with Gasteiger partial charge < -0.3 is 25.2 Å². The van der Waals surface area contributed by atoms with Crippen LogP contribution in [-0.2, 0) is 16.1 Å². The molecule has 0 radical (unpaired) electrons. The Labute approximate surface area is 139 Å². The van der Waals surface area contributed by atoms with Gasteiger partial charge in [0.2, 0.25) is 5.91 Å². The van der Waals surface area contributed by atoms with E-state index in [0.29, 0.717) is 22.8 Å². The number of carbonyl (C=O) groups excluding carboxylic acids is 2. The number of methoxy groups -OCH3 is 1. The second kappa shape index (κ2) is 8.11. The summed E-state index contributed by atoms with van der Waals surface area (Å²) in [6.07, 6.45) is 0. The molecule has 8 nitrogen and oxygen atoms in total. The minimum absolute atomic E-state index is 0.0335. The van der Waals surface area contributed by atoms with E-state index < -0.39 is 0 Å². The Morgan fingerprint density at radius 1 is 1.21 bits per heavy atom. The van der Waals surface area contributed by atoms with Crippen molar-refractivity contribution in [2.75, 3.05) is 24.4 Å².